The number of amides is 1. The first-order valence-corrected chi connectivity index (χ1v) is 13.6. The monoisotopic (exact) mass is 539 g/mol. The normalized spacial score (nSPS) is 11.5. The summed E-state index contributed by atoms with van der Waals surface area (Å²) < 4.78 is 24.7. The number of aryl methyl sites for hydroxylation is 1. The third-order valence-corrected chi connectivity index (χ3v) is 6.43. The Hall–Kier alpha value is -4.29. The van der Waals surface area contributed by atoms with E-state index in [1.54, 1.807) is 24.3 Å². The van der Waals surface area contributed by atoms with E-state index in [0.717, 1.165) is 30.4 Å². The summed E-state index contributed by atoms with van der Waals surface area (Å²) in [6, 6.07) is 32.1. The Morgan fingerprint density at radius 1 is 0.700 bits per heavy atom. The van der Waals surface area contributed by atoms with Crippen LogP contribution < -0.4 is 10.1 Å². The lowest BCUT2D eigenvalue weighted by molar-refractivity contribution is -0.129. The number of benzene rings is 4. The van der Waals surface area contributed by atoms with E-state index in [0.29, 0.717) is 24.5 Å². The highest BCUT2D eigenvalue weighted by Gasteiger charge is 2.21. The van der Waals surface area contributed by atoms with Crippen molar-refractivity contribution in [3.8, 4) is 11.5 Å². The Balaban J connectivity index is 1.30. The molecule has 0 heterocycles. The van der Waals surface area contributed by atoms with Crippen LogP contribution in [0.4, 0.5) is 4.39 Å². The number of hydrogen-bond acceptors (Lipinski definition) is 4. The average molecular weight is 540 g/mol. The second-order valence-electron chi connectivity index (χ2n) is 9.66. The maximum Gasteiger partial charge on any atom is 0.220 e. The van der Waals surface area contributed by atoms with E-state index < -0.39 is 6.04 Å². The fourth-order valence-electron chi connectivity index (χ4n) is 4.25. The van der Waals surface area contributed by atoms with Crippen molar-refractivity contribution in [3.05, 3.63) is 132 Å². The highest BCUT2D eigenvalue weighted by atomic mass is 19.1. The van der Waals surface area contributed by atoms with Crippen molar-refractivity contribution in [2.24, 2.45) is 0 Å². The largest absolute Gasteiger partial charge is 0.457 e. The first kappa shape index (κ1) is 28.7. The van der Waals surface area contributed by atoms with Gasteiger partial charge in [-0.25, -0.2) is 4.39 Å². The first-order chi connectivity index (χ1) is 19.5. The van der Waals surface area contributed by atoms with Gasteiger partial charge in [0, 0.05) is 12.8 Å². The van der Waals surface area contributed by atoms with Gasteiger partial charge in [0.2, 0.25) is 5.91 Å². The molecule has 206 valence electrons. The molecule has 0 saturated carbocycles. The van der Waals surface area contributed by atoms with Crippen molar-refractivity contribution in [3.63, 3.8) is 0 Å². The molecule has 1 amide bonds. The Kier molecular flexibility index (Phi) is 11.0. The number of ether oxygens (including phenoxy) is 2. The Labute approximate surface area is 235 Å². The van der Waals surface area contributed by atoms with Crippen molar-refractivity contribution in [1.29, 1.82) is 0 Å². The molecule has 40 heavy (non-hydrogen) atoms. The van der Waals surface area contributed by atoms with E-state index in [1.807, 2.05) is 60.7 Å². The maximum absolute atomic E-state index is 13.3. The molecule has 0 bridgehead atoms. The van der Waals surface area contributed by atoms with Crippen molar-refractivity contribution >= 4 is 11.7 Å². The number of hydrogen-bond donors (Lipinski definition) is 1. The zero-order valence-electron chi connectivity index (χ0n) is 22.4. The summed E-state index contributed by atoms with van der Waals surface area (Å²) in [5.41, 5.74) is 3.04. The molecule has 4 rings (SSSR count). The van der Waals surface area contributed by atoms with Crippen LogP contribution in [0.3, 0.4) is 0 Å². The predicted molar refractivity (Wildman–Crippen MR) is 154 cm³/mol. The second kappa shape index (κ2) is 15.3. The molecule has 0 saturated heterocycles. The van der Waals surface area contributed by atoms with Gasteiger partial charge in [-0.1, -0.05) is 72.8 Å². The van der Waals surface area contributed by atoms with Crippen LogP contribution in [0.2, 0.25) is 0 Å². The summed E-state index contributed by atoms with van der Waals surface area (Å²) in [7, 11) is 0. The highest BCUT2D eigenvalue weighted by Crippen LogP contribution is 2.22. The second-order valence-corrected chi connectivity index (χ2v) is 9.66. The van der Waals surface area contributed by atoms with Crippen LogP contribution in [-0.4, -0.2) is 24.3 Å². The molecule has 0 fully saturated rings. The van der Waals surface area contributed by atoms with E-state index in [9.17, 15) is 14.0 Å². The van der Waals surface area contributed by atoms with Gasteiger partial charge in [0.1, 0.15) is 23.4 Å². The van der Waals surface area contributed by atoms with Crippen molar-refractivity contribution < 1.29 is 23.5 Å². The van der Waals surface area contributed by atoms with Crippen LogP contribution in [0.5, 0.6) is 11.5 Å². The van der Waals surface area contributed by atoms with Gasteiger partial charge in [-0.15, -0.1) is 0 Å². The fraction of sp³-hybridized carbons (Fsp3) is 0.235. The molecule has 4 aromatic carbocycles. The minimum absolute atomic E-state index is 0.0925. The zero-order chi connectivity index (χ0) is 28.0. The Morgan fingerprint density at radius 3 is 1.95 bits per heavy atom. The van der Waals surface area contributed by atoms with E-state index in [1.165, 1.54) is 17.7 Å². The van der Waals surface area contributed by atoms with Crippen molar-refractivity contribution in [2.45, 2.75) is 44.8 Å². The van der Waals surface area contributed by atoms with E-state index in [4.69, 9.17) is 9.47 Å². The minimum Gasteiger partial charge on any atom is -0.457 e. The molecule has 0 radical (unpaired) electrons. The van der Waals surface area contributed by atoms with Gasteiger partial charge in [-0.05, 0) is 72.4 Å². The van der Waals surface area contributed by atoms with Crippen molar-refractivity contribution in [1.82, 2.24) is 5.32 Å². The molecular weight excluding hydrogens is 505 g/mol. The lowest BCUT2D eigenvalue weighted by atomic mass is 10.0. The molecule has 1 atom stereocenters. The number of nitrogens with one attached hydrogen (secondary N) is 1. The number of Topliss-reactive ketones (excluding diaryl/α,β-unsaturated/α-hetero) is 1. The number of rotatable bonds is 15. The topological polar surface area (TPSA) is 64.6 Å². The smallest absolute Gasteiger partial charge is 0.220 e. The number of ketones is 1. The van der Waals surface area contributed by atoms with E-state index >= 15 is 0 Å². The molecule has 0 spiro atoms. The molecule has 4 aromatic rings. The van der Waals surface area contributed by atoms with Gasteiger partial charge >= 0.3 is 0 Å². The average Bonchev–Trinajstić information content (AvgIpc) is 2.98. The van der Waals surface area contributed by atoms with Crippen LogP contribution in [0.15, 0.2) is 109 Å². The Morgan fingerprint density at radius 2 is 1.30 bits per heavy atom. The molecule has 5 nitrogen and oxygen atoms in total. The maximum atomic E-state index is 13.3. The molecular formula is C34H34FNO4. The van der Waals surface area contributed by atoms with Gasteiger partial charge < -0.3 is 14.8 Å². The third-order valence-electron chi connectivity index (χ3n) is 6.43. The zero-order valence-corrected chi connectivity index (χ0v) is 22.4. The van der Waals surface area contributed by atoms with Gasteiger partial charge in [-0.2, -0.15) is 0 Å². The van der Waals surface area contributed by atoms with Crippen LogP contribution in [0.25, 0.3) is 0 Å². The number of carbonyl (C=O) groups excluding carboxylic acids is 2. The summed E-state index contributed by atoms with van der Waals surface area (Å²) in [5, 5.41) is 2.90. The summed E-state index contributed by atoms with van der Waals surface area (Å²) in [4.78, 5) is 26.0. The van der Waals surface area contributed by atoms with Crippen molar-refractivity contribution in [2.75, 3.05) is 6.61 Å². The van der Waals surface area contributed by atoms with E-state index in [-0.39, 0.29) is 30.5 Å². The van der Waals surface area contributed by atoms with Gasteiger partial charge in [-0.3, -0.25) is 9.59 Å². The van der Waals surface area contributed by atoms with Crippen LogP contribution in [0, 0.1) is 5.82 Å². The minimum atomic E-state index is -0.750. The highest BCUT2D eigenvalue weighted by molar-refractivity contribution is 5.90. The molecule has 0 aliphatic carbocycles. The lowest BCUT2D eigenvalue weighted by Crippen LogP contribution is -2.44. The number of carbonyl (C=O) groups is 2. The van der Waals surface area contributed by atoms with Gasteiger partial charge in [0.05, 0.1) is 13.2 Å². The van der Waals surface area contributed by atoms with Crippen LogP contribution in [-0.2, 0) is 33.8 Å². The summed E-state index contributed by atoms with van der Waals surface area (Å²) in [6.45, 7) is 0.447. The summed E-state index contributed by atoms with van der Waals surface area (Å²) in [6.07, 6.45) is 3.04. The molecule has 1 N–H and O–H groups in total. The van der Waals surface area contributed by atoms with E-state index in [2.05, 4.69) is 17.4 Å². The number of unbranched alkanes of at least 4 members (excludes halogenated alkanes) is 1. The SMILES string of the molecule is O=C(CCCCc1ccccc1)N[C@@H](COCc1ccccc1)C(=O)Cc1ccc(Oc2ccc(F)cc2)cc1. The van der Waals surface area contributed by atoms with Gasteiger partial charge in [0.15, 0.2) is 5.78 Å². The van der Waals surface area contributed by atoms with Crippen LogP contribution >= 0.6 is 0 Å². The molecule has 0 aliphatic heterocycles. The summed E-state index contributed by atoms with van der Waals surface area (Å²) in [5.74, 6) is 0.486. The fourth-order valence-corrected chi connectivity index (χ4v) is 4.25. The lowest BCUT2D eigenvalue weighted by Gasteiger charge is -2.18. The molecule has 0 aliphatic rings. The summed E-state index contributed by atoms with van der Waals surface area (Å²) >= 11 is 0. The molecule has 0 unspecified atom stereocenters. The number of halogens is 1. The standard InChI is InChI=1S/C34H34FNO4/c35-29-17-21-31(22-18-29)40-30-19-15-27(16-20-30)23-33(37)32(25-39-24-28-12-5-2-6-13-28)36-34(38)14-8-7-11-26-9-3-1-4-10-26/h1-6,9-10,12-13,15-22,32H,7-8,11,14,23-25H2,(H,36,38)/t32-/m0/s1. The third kappa shape index (κ3) is 9.79. The molecule has 0 aromatic heterocycles. The van der Waals surface area contributed by atoms with Gasteiger partial charge in [0.25, 0.3) is 0 Å². The molecule has 6 heteroatoms. The predicted octanol–water partition coefficient (Wildman–Crippen LogP) is 6.84. The quantitative estimate of drug-likeness (QED) is 0.168. The first-order valence-electron chi connectivity index (χ1n) is 13.6. The van der Waals surface area contributed by atoms with Crippen LogP contribution in [0.1, 0.15) is 36.0 Å². The Bertz CT molecular complexity index is 1330.